The van der Waals surface area contributed by atoms with Crippen LogP contribution in [0.25, 0.3) is 0 Å². The summed E-state index contributed by atoms with van der Waals surface area (Å²) >= 11 is 17.9. The van der Waals surface area contributed by atoms with Crippen LogP contribution in [0.5, 0.6) is 0 Å². The highest BCUT2D eigenvalue weighted by atomic mass is 35.5. The Hall–Kier alpha value is -0.800. The quantitative estimate of drug-likeness (QED) is 0.802. The first-order valence-electron chi connectivity index (χ1n) is 6.08. The monoisotopic (exact) mass is 331 g/mol. The zero-order valence-corrected chi connectivity index (χ0v) is 13.0. The molecule has 106 valence electrons. The molecule has 0 aliphatic carbocycles. The zero-order valence-electron chi connectivity index (χ0n) is 10.8. The molecule has 0 fully saturated rings. The lowest BCUT2D eigenvalue weighted by Crippen LogP contribution is -2.19. The van der Waals surface area contributed by atoms with Gasteiger partial charge in [0.05, 0.1) is 15.1 Å². The molecule has 0 aliphatic rings. The molecule has 1 unspecified atom stereocenters. The van der Waals surface area contributed by atoms with Crippen LogP contribution in [0, 0.1) is 5.82 Å². The van der Waals surface area contributed by atoms with E-state index in [2.05, 4.69) is 5.32 Å². The van der Waals surface area contributed by atoms with Gasteiger partial charge in [0.15, 0.2) is 0 Å². The van der Waals surface area contributed by atoms with Gasteiger partial charge in [0.25, 0.3) is 0 Å². The fourth-order valence-electron chi connectivity index (χ4n) is 2.04. The van der Waals surface area contributed by atoms with Gasteiger partial charge < -0.3 is 5.32 Å². The van der Waals surface area contributed by atoms with E-state index < -0.39 is 5.82 Å². The number of halogens is 4. The molecular formula is C15H13Cl3FN. The van der Waals surface area contributed by atoms with Crippen LogP contribution in [0.4, 0.5) is 4.39 Å². The van der Waals surface area contributed by atoms with Gasteiger partial charge in [-0.1, -0.05) is 53.0 Å². The van der Waals surface area contributed by atoms with Crippen molar-refractivity contribution >= 4 is 34.8 Å². The van der Waals surface area contributed by atoms with E-state index in [1.165, 1.54) is 6.07 Å². The maximum Gasteiger partial charge on any atom is 0.142 e. The van der Waals surface area contributed by atoms with Gasteiger partial charge in [0.2, 0.25) is 0 Å². The van der Waals surface area contributed by atoms with Crippen LogP contribution in [0.2, 0.25) is 15.1 Å². The molecule has 0 aliphatic heterocycles. The van der Waals surface area contributed by atoms with Crippen LogP contribution in [0.1, 0.15) is 17.2 Å². The molecule has 0 heterocycles. The predicted molar refractivity (Wildman–Crippen MR) is 83.4 cm³/mol. The van der Waals surface area contributed by atoms with E-state index in [1.807, 2.05) is 19.2 Å². The molecule has 5 heteroatoms. The minimum absolute atomic E-state index is 0.0715. The smallest absolute Gasteiger partial charge is 0.142 e. The lowest BCUT2D eigenvalue weighted by Gasteiger charge is -2.18. The number of likely N-dealkylation sites (N-methyl/N-ethyl adjacent to an activating group) is 1. The molecule has 1 atom stereocenters. The second kappa shape index (κ2) is 6.77. The van der Waals surface area contributed by atoms with Gasteiger partial charge in [-0.2, -0.15) is 0 Å². The first kappa shape index (κ1) is 15.6. The Morgan fingerprint density at radius 2 is 1.85 bits per heavy atom. The molecule has 0 radical (unpaired) electrons. The molecule has 0 saturated carbocycles. The highest BCUT2D eigenvalue weighted by Crippen LogP contribution is 2.30. The van der Waals surface area contributed by atoms with Gasteiger partial charge >= 0.3 is 0 Å². The van der Waals surface area contributed by atoms with Crippen molar-refractivity contribution in [3.05, 3.63) is 68.4 Å². The Kier molecular flexibility index (Phi) is 5.28. The first-order valence-corrected chi connectivity index (χ1v) is 7.21. The summed E-state index contributed by atoms with van der Waals surface area (Å²) in [5.41, 5.74) is 1.72. The second-order valence-corrected chi connectivity index (χ2v) is 5.62. The highest BCUT2D eigenvalue weighted by Gasteiger charge is 2.15. The molecule has 1 nitrogen and oxygen atoms in total. The van der Waals surface area contributed by atoms with E-state index in [9.17, 15) is 4.39 Å². The van der Waals surface area contributed by atoms with Crippen LogP contribution in [0.15, 0.2) is 36.4 Å². The highest BCUT2D eigenvalue weighted by molar-refractivity contribution is 6.42. The van der Waals surface area contributed by atoms with E-state index >= 15 is 0 Å². The largest absolute Gasteiger partial charge is 0.313 e. The molecule has 20 heavy (non-hydrogen) atoms. The first-order chi connectivity index (χ1) is 9.52. The van der Waals surface area contributed by atoms with Crippen molar-refractivity contribution in [1.29, 1.82) is 0 Å². The zero-order chi connectivity index (χ0) is 14.7. The van der Waals surface area contributed by atoms with E-state index in [-0.39, 0.29) is 11.1 Å². The third-order valence-electron chi connectivity index (χ3n) is 3.15. The van der Waals surface area contributed by atoms with Crippen molar-refractivity contribution in [2.75, 3.05) is 7.05 Å². The van der Waals surface area contributed by atoms with E-state index in [0.717, 1.165) is 11.1 Å². The maximum atomic E-state index is 13.6. The Morgan fingerprint density at radius 1 is 1.10 bits per heavy atom. The van der Waals surface area contributed by atoms with Gasteiger partial charge in [-0.15, -0.1) is 0 Å². The Balaban J connectivity index is 2.28. The lowest BCUT2D eigenvalue weighted by atomic mass is 9.99. The van der Waals surface area contributed by atoms with Gasteiger partial charge in [-0.05, 0) is 42.8 Å². The van der Waals surface area contributed by atoms with Gasteiger partial charge in [0, 0.05) is 6.04 Å². The average Bonchev–Trinajstić information content (AvgIpc) is 2.44. The summed E-state index contributed by atoms with van der Waals surface area (Å²) in [5.74, 6) is -0.429. The van der Waals surface area contributed by atoms with Crippen molar-refractivity contribution in [3.63, 3.8) is 0 Å². The normalized spacial score (nSPS) is 12.4. The van der Waals surface area contributed by atoms with Crippen LogP contribution in [-0.4, -0.2) is 7.05 Å². The topological polar surface area (TPSA) is 12.0 Å². The van der Waals surface area contributed by atoms with Crippen molar-refractivity contribution in [1.82, 2.24) is 5.32 Å². The van der Waals surface area contributed by atoms with Crippen molar-refractivity contribution in [2.24, 2.45) is 0 Å². The summed E-state index contributed by atoms with van der Waals surface area (Å²) in [6.07, 6.45) is 0.608. The summed E-state index contributed by atoms with van der Waals surface area (Å²) in [7, 11) is 1.82. The molecule has 0 amide bonds. The van der Waals surface area contributed by atoms with E-state index in [4.69, 9.17) is 34.8 Å². The summed E-state index contributed by atoms with van der Waals surface area (Å²) < 4.78 is 13.6. The average molecular weight is 333 g/mol. The number of benzene rings is 2. The maximum absolute atomic E-state index is 13.6. The molecular weight excluding hydrogens is 320 g/mol. The standard InChI is InChI=1S/C15H13Cl3FN/c1-20-14(9-5-6-11(16)13(19)7-9)8-10-3-2-4-12(17)15(10)18/h2-7,14,20H,8H2,1H3. The van der Waals surface area contributed by atoms with Crippen LogP contribution in [-0.2, 0) is 6.42 Å². The molecule has 2 aromatic carbocycles. The molecule has 0 spiro atoms. The van der Waals surface area contributed by atoms with Crippen molar-refractivity contribution in [2.45, 2.75) is 12.5 Å². The molecule has 0 saturated heterocycles. The minimum atomic E-state index is -0.429. The third-order valence-corrected chi connectivity index (χ3v) is 4.31. The van der Waals surface area contributed by atoms with Gasteiger partial charge in [-0.25, -0.2) is 4.39 Å². The van der Waals surface area contributed by atoms with Crippen LogP contribution < -0.4 is 5.32 Å². The number of nitrogens with one attached hydrogen (secondary N) is 1. The summed E-state index contributed by atoms with van der Waals surface area (Å²) in [6, 6.07) is 10.2. The second-order valence-electron chi connectivity index (χ2n) is 4.43. The predicted octanol–water partition coefficient (Wildman–Crippen LogP) is 5.29. The van der Waals surface area contributed by atoms with Crippen molar-refractivity contribution in [3.8, 4) is 0 Å². The van der Waals surface area contributed by atoms with Gasteiger partial charge in [0.1, 0.15) is 5.82 Å². The van der Waals surface area contributed by atoms with Crippen LogP contribution in [0.3, 0.4) is 0 Å². The number of hydrogen-bond donors (Lipinski definition) is 1. The van der Waals surface area contributed by atoms with Crippen molar-refractivity contribution < 1.29 is 4.39 Å². The molecule has 0 aromatic heterocycles. The number of rotatable bonds is 4. The molecule has 0 bridgehead atoms. The van der Waals surface area contributed by atoms with Gasteiger partial charge in [-0.3, -0.25) is 0 Å². The fraction of sp³-hybridized carbons (Fsp3) is 0.200. The fourth-order valence-corrected chi connectivity index (χ4v) is 2.56. The van der Waals surface area contributed by atoms with Crippen LogP contribution >= 0.6 is 34.8 Å². The summed E-state index contributed by atoms with van der Waals surface area (Å²) in [6.45, 7) is 0. The molecule has 1 N–H and O–H groups in total. The van der Waals surface area contributed by atoms with E-state index in [0.29, 0.717) is 16.5 Å². The third kappa shape index (κ3) is 3.44. The summed E-state index contributed by atoms with van der Waals surface area (Å²) in [4.78, 5) is 0. The molecule has 2 aromatic rings. The SMILES string of the molecule is CNC(Cc1cccc(Cl)c1Cl)c1ccc(Cl)c(F)c1. The Bertz CT molecular complexity index is 616. The van der Waals surface area contributed by atoms with E-state index in [1.54, 1.807) is 18.2 Å². The Labute approximate surface area is 132 Å². The lowest BCUT2D eigenvalue weighted by molar-refractivity contribution is 0.577. The number of hydrogen-bond acceptors (Lipinski definition) is 1. The minimum Gasteiger partial charge on any atom is -0.313 e. The summed E-state index contributed by atoms with van der Waals surface area (Å²) in [5, 5.41) is 4.31. The Morgan fingerprint density at radius 3 is 2.50 bits per heavy atom. The molecule has 2 rings (SSSR count).